The lowest BCUT2D eigenvalue weighted by molar-refractivity contribution is 0.116. The number of nitrogens with zero attached hydrogens (tertiary/aromatic N) is 4. The van der Waals surface area contributed by atoms with Crippen molar-refractivity contribution in [2.24, 2.45) is 0 Å². The first-order chi connectivity index (χ1) is 14.4. The number of thiol groups is 1. The zero-order chi connectivity index (χ0) is 21.7. The molecule has 0 bridgehead atoms. The van der Waals surface area contributed by atoms with E-state index < -0.39 is 12.3 Å². The minimum absolute atomic E-state index is 0.0606. The molecule has 3 heterocycles. The fraction of sp³-hybridized carbons (Fsp3) is 0.381. The fourth-order valence-corrected chi connectivity index (χ4v) is 3.19. The van der Waals surface area contributed by atoms with Gasteiger partial charge in [-0.05, 0) is 55.7 Å². The van der Waals surface area contributed by atoms with Gasteiger partial charge in [-0.2, -0.15) is 8.78 Å². The van der Waals surface area contributed by atoms with Crippen LogP contribution < -0.4 is 4.72 Å². The predicted molar refractivity (Wildman–Crippen MR) is 115 cm³/mol. The minimum atomic E-state index is -2.75. The normalized spacial score (nSPS) is 13.3. The lowest BCUT2D eigenvalue weighted by Gasteiger charge is -2.18. The van der Waals surface area contributed by atoms with E-state index in [0.717, 1.165) is 30.9 Å². The molecule has 3 aromatic rings. The van der Waals surface area contributed by atoms with Crippen molar-refractivity contribution < 1.29 is 13.2 Å². The number of nitrogens with one attached hydrogen (secondary N) is 1. The Labute approximate surface area is 180 Å². The van der Waals surface area contributed by atoms with Crippen LogP contribution in [-0.4, -0.2) is 26.1 Å². The van der Waals surface area contributed by atoms with E-state index in [-0.39, 0.29) is 5.89 Å². The average Bonchev–Trinajstić information content (AvgIpc) is 3.41. The van der Waals surface area contributed by atoms with Crippen molar-refractivity contribution in [1.82, 2.24) is 20.1 Å². The van der Waals surface area contributed by atoms with Gasteiger partial charge in [0.2, 0.25) is 5.89 Å². The monoisotopic (exact) mass is 433 g/mol. The van der Waals surface area contributed by atoms with E-state index in [1.165, 1.54) is 17.3 Å². The number of hydrogen-bond donors (Lipinski definition) is 2. The summed E-state index contributed by atoms with van der Waals surface area (Å²) in [5.41, 5.74) is 5.41. The molecular weight excluding hydrogens is 408 g/mol. The Morgan fingerprint density at radius 1 is 1.13 bits per heavy atom. The first-order valence-electron chi connectivity index (χ1n) is 9.74. The smallest absolute Gasteiger partial charge is 0.314 e. The molecule has 0 unspecified atom stereocenters. The summed E-state index contributed by atoms with van der Waals surface area (Å²) >= 11 is 4.05. The Balaban J connectivity index is 0.000000172. The molecule has 30 heavy (non-hydrogen) atoms. The molecular formula is C21H25F2N5OS. The van der Waals surface area contributed by atoms with Gasteiger partial charge in [-0.15, -0.1) is 10.2 Å². The number of benzene rings is 1. The SMILES string of the molecule is CC(C)N1Cc2ccc(NS)cc2C1.CCc1ccc(-c2nnc(C(F)F)o2)cn1. The standard InChI is InChI=1S/C11H16N2S.C10H9F2N3O/c1-8(2)13-6-9-3-4-11(12-14)5-10(9)7-13;1-2-7-4-3-6(5-13-7)9-14-15-10(16-9)8(11)12/h3-5,8,12,14H,6-7H2,1-2H3;3-5,8H,2H2,1H3. The maximum absolute atomic E-state index is 12.2. The molecule has 0 aliphatic carbocycles. The highest BCUT2D eigenvalue weighted by atomic mass is 32.1. The molecule has 6 nitrogen and oxygen atoms in total. The predicted octanol–water partition coefficient (Wildman–Crippen LogP) is 5.30. The molecule has 0 atom stereocenters. The summed E-state index contributed by atoms with van der Waals surface area (Å²) in [6.45, 7) is 8.60. The van der Waals surface area contributed by atoms with Crippen molar-refractivity contribution in [3.8, 4) is 11.5 Å². The highest BCUT2D eigenvalue weighted by molar-refractivity contribution is 7.81. The minimum Gasteiger partial charge on any atom is -0.415 e. The van der Waals surface area contributed by atoms with Gasteiger partial charge in [-0.3, -0.25) is 9.88 Å². The maximum Gasteiger partial charge on any atom is 0.314 e. The number of halogens is 2. The van der Waals surface area contributed by atoms with Crippen LogP contribution in [0.15, 0.2) is 40.9 Å². The van der Waals surface area contributed by atoms with Crippen LogP contribution in [0.25, 0.3) is 11.5 Å². The highest BCUT2D eigenvalue weighted by Crippen LogP contribution is 2.27. The number of pyridine rings is 1. The first-order valence-corrected chi connectivity index (χ1v) is 10.2. The summed E-state index contributed by atoms with van der Waals surface area (Å²) in [7, 11) is 0. The molecule has 2 aromatic heterocycles. The van der Waals surface area contributed by atoms with E-state index in [2.05, 4.69) is 69.7 Å². The van der Waals surface area contributed by atoms with Crippen molar-refractivity contribution in [3.63, 3.8) is 0 Å². The van der Waals surface area contributed by atoms with Gasteiger partial charge in [0.1, 0.15) is 0 Å². The summed E-state index contributed by atoms with van der Waals surface area (Å²) in [5.74, 6) is -0.611. The molecule has 0 saturated heterocycles. The Hall–Kier alpha value is -2.52. The molecule has 0 fully saturated rings. The van der Waals surface area contributed by atoms with Crippen LogP contribution in [0, 0.1) is 0 Å². The Morgan fingerprint density at radius 3 is 2.47 bits per heavy atom. The molecule has 1 aliphatic rings. The molecule has 1 aliphatic heterocycles. The van der Waals surface area contributed by atoms with E-state index in [0.29, 0.717) is 11.6 Å². The zero-order valence-electron chi connectivity index (χ0n) is 17.1. The number of anilines is 1. The van der Waals surface area contributed by atoms with Crippen molar-refractivity contribution in [2.75, 3.05) is 4.72 Å². The molecule has 4 rings (SSSR count). The van der Waals surface area contributed by atoms with Gasteiger partial charge >= 0.3 is 6.43 Å². The maximum atomic E-state index is 12.2. The third-order valence-electron chi connectivity index (χ3n) is 4.87. The van der Waals surface area contributed by atoms with Crippen LogP contribution in [0.3, 0.4) is 0 Å². The van der Waals surface area contributed by atoms with Gasteiger partial charge in [0.15, 0.2) is 0 Å². The van der Waals surface area contributed by atoms with Gasteiger partial charge < -0.3 is 9.14 Å². The Kier molecular flexibility index (Phi) is 7.38. The largest absolute Gasteiger partial charge is 0.415 e. The number of alkyl halides is 2. The quantitative estimate of drug-likeness (QED) is 0.533. The highest BCUT2D eigenvalue weighted by Gasteiger charge is 2.20. The zero-order valence-corrected chi connectivity index (χ0v) is 18.0. The summed E-state index contributed by atoms with van der Waals surface area (Å²) in [6.07, 6.45) is -0.405. The molecule has 0 saturated carbocycles. The van der Waals surface area contributed by atoms with Gasteiger partial charge in [0.25, 0.3) is 5.89 Å². The van der Waals surface area contributed by atoms with Crippen LogP contribution >= 0.6 is 12.8 Å². The molecule has 0 spiro atoms. The van der Waals surface area contributed by atoms with E-state index >= 15 is 0 Å². The third kappa shape index (κ3) is 5.34. The molecule has 9 heteroatoms. The lowest BCUT2D eigenvalue weighted by Crippen LogP contribution is -2.24. The van der Waals surface area contributed by atoms with Crippen LogP contribution in [-0.2, 0) is 19.5 Å². The number of aromatic nitrogens is 3. The first kappa shape index (κ1) is 22.2. The number of fused-ring (bicyclic) bond motifs is 1. The second-order valence-electron chi connectivity index (χ2n) is 7.23. The van der Waals surface area contributed by atoms with Crippen molar-refractivity contribution in [1.29, 1.82) is 0 Å². The van der Waals surface area contributed by atoms with Crippen molar-refractivity contribution in [3.05, 3.63) is 59.2 Å². The fourth-order valence-electron chi connectivity index (χ4n) is 3.06. The van der Waals surface area contributed by atoms with Gasteiger partial charge in [0.05, 0.1) is 5.56 Å². The summed E-state index contributed by atoms with van der Waals surface area (Å²) in [6, 6.07) is 10.6. The topological polar surface area (TPSA) is 67.1 Å². The van der Waals surface area contributed by atoms with E-state index in [4.69, 9.17) is 4.42 Å². The number of hydrogen-bond acceptors (Lipinski definition) is 7. The van der Waals surface area contributed by atoms with Gasteiger partial charge in [-0.25, -0.2) is 0 Å². The van der Waals surface area contributed by atoms with Crippen LogP contribution in [0.5, 0.6) is 0 Å². The van der Waals surface area contributed by atoms with E-state index in [1.54, 1.807) is 12.1 Å². The summed E-state index contributed by atoms with van der Waals surface area (Å²) in [4.78, 5) is 6.58. The Morgan fingerprint density at radius 2 is 1.90 bits per heavy atom. The molecule has 0 amide bonds. The summed E-state index contributed by atoms with van der Waals surface area (Å²) in [5, 5.41) is 6.77. The van der Waals surface area contributed by atoms with Crippen molar-refractivity contribution in [2.45, 2.75) is 52.7 Å². The second kappa shape index (κ2) is 9.99. The van der Waals surface area contributed by atoms with Crippen LogP contribution in [0.1, 0.15) is 49.9 Å². The summed E-state index contributed by atoms with van der Waals surface area (Å²) < 4.78 is 32.1. The van der Waals surface area contributed by atoms with Gasteiger partial charge in [0, 0.05) is 36.7 Å². The van der Waals surface area contributed by atoms with Crippen LogP contribution in [0.4, 0.5) is 14.5 Å². The third-order valence-corrected chi connectivity index (χ3v) is 5.13. The molecule has 0 radical (unpaired) electrons. The average molecular weight is 434 g/mol. The van der Waals surface area contributed by atoms with Gasteiger partial charge in [-0.1, -0.05) is 25.8 Å². The number of aryl methyl sites for hydroxylation is 1. The van der Waals surface area contributed by atoms with Crippen LogP contribution in [0.2, 0.25) is 0 Å². The second-order valence-corrected chi connectivity index (χ2v) is 7.46. The molecule has 1 N–H and O–H groups in total. The molecule has 160 valence electrons. The Bertz CT molecular complexity index is 962. The van der Waals surface area contributed by atoms with Crippen molar-refractivity contribution >= 4 is 18.5 Å². The molecule has 1 aromatic carbocycles. The lowest BCUT2D eigenvalue weighted by atomic mass is 10.1. The number of rotatable bonds is 5. The van der Waals surface area contributed by atoms with E-state index in [9.17, 15) is 8.78 Å². The van der Waals surface area contributed by atoms with E-state index in [1.807, 2.05) is 6.92 Å².